The largest absolute Gasteiger partial charge is 0.324 e. The summed E-state index contributed by atoms with van der Waals surface area (Å²) in [5, 5.41) is 0. The minimum Gasteiger partial charge on any atom is -0.324 e. The van der Waals surface area contributed by atoms with Crippen molar-refractivity contribution in [3.63, 3.8) is 0 Å². The average Bonchev–Trinajstić information content (AvgIpc) is 2.41. The lowest BCUT2D eigenvalue weighted by Gasteiger charge is -2.07. The second kappa shape index (κ2) is 6.59. The van der Waals surface area contributed by atoms with Gasteiger partial charge in [0.05, 0.1) is 0 Å². The summed E-state index contributed by atoms with van der Waals surface area (Å²) in [7, 11) is 0. The number of pyridine rings is 1. The molecule has 3 nitrogen and oxygen atoms in total. The molecule has 0 saturated carbocycles. The van der Waals surface area contributed by atoms with Crippen LogP contribution in [0.4, 0.5) is 0 Å². The molecule has 0 aliphatic carbocycles. The van der Waals surface area contributed by atoms with Crippen LogP contribution in [0.15, 0.2) is 58.4 Å². The van der Waals surface area contributed by atoms with Crippen molar-refractivity contribution < 1.29 is 0 Å². The summed E-state index contributed by atoms with van der Waals surface area (Å²) >= 11 is 1.74. The molecule has 19 heavy (non-hydrogen) atoms. The van der Waals surface area contributed by atoms with Gasteiger partial charge >= 0.3 is 0 Å². The highest BCUT2D eigenvalue weighted by atomic mass is 32.2. The highest BCUT2D eigenvalue weighted by Crippen LogP contribution is 2.20. The highest BCUT2D eigenvalue weighted by Gasteiger charge is 2.00. The van der Waals surface area contributed by atoms with Gasteiger partial charge in [0.25, 0.3) is 5.56 Å². The minimum atomic E-state index is 0.0513. The van der Waals surface area contributed by atoms with Crippen LogP contribution in [0.2, 0.25) is 0 Å². The van der Waals surface area contributed by atoms with Gasteiger partial charge in [-0.2, -0.15) is 0 Å². The molecule has 0 fully saturated rings. The second-order valence-corrected chi connectivity index (χ2v) is 5.61. The Balaban J connectivity index is 1.89. The van der Waals surface area contributed by atoms with E-state index in [2.05, 4.69) is 24.3 Å². The van der Waals surface area contributed by atoms with Crippen molar-refractivity contribution in [1.29, 1.82) is 0 Å². The standard InChI is InChI=1S/C15H18N2OS/c1-12(16)13-5-7-14(8-6-13)19-11-10-17-9-3-2-4-15(17)18/h2-9,12H,10-11,16H2,1H3. The zero-order valence-electron chi connectivity index (χ0n) is 11.0. The summed E-state index contributed by atoms with van der Waals surface area (Å²) in [5.41, 5.74) is 7.01. The number of hydrogen-bond acceptors (Lipinski definition) is 3. The maximum absolute atomic E-state index is 11.5. The summed E-state index contributed by atoms with van der Waals surface area (Å²) < 4.78 is 1.73. The first-order valence-corrected chi connectivity index (χ1v) is 7.29. The van der Waals surface area contributed by atoms with E-state index in [0.29, 0.717) is 0 Å². The maximum atomic E-state index is 11.5. The fourth-order valence-electron chi connectivity index (χ4n) is 1.77. The number of aromatic nitrogens is 1. The molecule has 0 bridgehead atoms. The predicted molar refractivity (Wildman–Crippen MR) is 80.5 cm³/mol. The number of hydrogen-bond donors (Lipinski definition) is 1. The van der Waals surface area contributed by atoms with Gasteiger partial charge in [0.1, 0.15) is 0 Å². The molecule has 2 aromatic rings. The van der Waals surface area contributed by atoms with Gasteiger partial charge in [-0.25, -0.2) is 0 Å². The second-order valence-electron chi connectivity index (χ2n) is 4.44. The Morgan fingerprint density at radius 2 is 1.95 bits per heavy atom. The van der Waals surface area contributed by atoms with Crippen molar-refractivity contribution in [3.8, 4) is 0 Å². The Hall–Kier alpha value is -1.52. The lowest BCUT2D eigenvalue weighted by atomic mass is 10.1. The van der Waals surface area contributed by atoms with Crippen LogP contribution in [-0.2, 0) is 6.54 Å². The van der Waals surface area contributed by atoms with Crippen molar-refractivity contribution in [2.24, 2.45) is 5.73 Å². The van der Waals surface area contributed by atoms with Crippen molar-refractivity contribution in [2.75, 3.05) is 5.75 Å². The van der Waals surface area contributed by atoms with Gasteiger partial charge in [0.15, 0.2) is 0 Å². The van der Waals surface area contributed by atoms with Crippen LogP contribution >= 0.6 is 11.8 Å². The molecule has 1 unspecified atom stereocenters. The van der Waals surface area contributed by atoms with Crippen molar-refractivity contribution >= 4 is 11.8 Å². The highest BCUT2D eigenvalue weighted by molar-refractivity contribution is 7.99. The van der Waals surface area contributed by atoms with Gasteiger partial charge in [-0.3, -0.25) is 4.79 Å². The van der Waals surface area contributed by atoms with E-state index in [1.165, 1.54) is 4.90 Å². The van der Waals surface area contributed by atoms with E-state index in [4.69, 9.17) is 5.73 Å². The third kappa shape index (κ3) is 3.98. The molecular weight excluding hydrogens is 256 g/mol. The van der Waals surface area contributed by atoms with E-state index in [0.717, 1.165) is 17.9 Å². The van der Waals surface area contributed by atoms with Crippen LogP contribution in [0.1, 0.15) is 18.5 Å². The van der Waals surface area contributed by atoms with Gasteiger partial charge in [-0.15, -0.1) is 11.8 Å². The first-order chi connectivity index (χ1) is 9.16. The monoisotopic (exact) mass is 274 g/mol. The predicted octanol–water partition coefficient (Wildman–Crippen LogP) is 2.66. The number of nitrogens with zero attached hydrogens (tertiary/aromatic N) is 1. The number of nitrogens with two attached hydrogens (primary N) is 1. The molecule has 1 heterocycles. The van der Waals surface area contributed by atoms with Gasteiger partial charge in [0, 0.05) is 35.5 Å². The zero-order chi connectivity index (χ0) is 13.7. The third-order valence-corrected chi connectivity index (χ3v) is 3.90. The van der Waals surface area contributed by atoms with Gasteiger partial charge in [-0.1, -0.05) is 18.2 Å². The first-order valence-electron chi connectivity index (χ1n) is 6.30. The molecule has 0 saturated heterocycles. The Bertz CT molecular complexity index is 575. The van der Waals surface area contributed by atoms with Crippen LogP contribution in [0.3, 0.4) is 0 Å². The molecule has 0 aliphatic rings. The topological polar surface area (TPSA) is 48.0 Å². The molecule has 2 N–H and O–H groups in total. The summed E-state index contributed by atoms with van der Waals surface area (Å²) in [4.78, 5) is 12.7. The Morgan fingerprint density at radius 3 is 2.58 bits per heavy atom. The van der Waals surface area contributed by atoms with E-state index in [1.54, 1.807) is 28.5 Å². The molecule has 1 aromatic carbocycles. The van der Waals surface area contributed by atoms with Crippen LogP contribution in [0.5, 0.6) is 0 Å². The SMILES string of the molecule is CC(N)c1ccc(SCCn2ccccc2=O)cc1. The van der Waals surface area contributed by atoms with Crippen molar-refractivity contribution in [3.05, 3.63) is 64.6 Å². The molecule has 0 aliphatic heterocycles. The lowest BCUT2D eigenvalue weighted by molar-refractivity contribution is 0.735. The van der Waals surface area contributed by atoms with E-state index in [9.17, 15) is 4.79 Å². The molecule has 4 heteroatoms. The summed E-state index contributed by atoms with van der Waals surface area (Å²) in [5.74, 6) is 0.876. The van der Waals surface area contributed by atoms with E-state index in [-0.39, 0.29) is 11.6 Å². The Morgan fingerprint density at radius 1 is 1.21 bits per heavy atom. The number of aryl methyl sites for hydroxylation is 1. The van der Waals surface area contributed by atoms with Crippen molar-refractivity contribution in [1.82, 2.24) is 4.57 Å². The molecule has 0 radical (unpaired) electrons. The minimum absolute atomic E-state index is 0.0513. The molecule has 2 rings (SSSR count). The fraction of sp³-hybridized carbons (Fsp3) is 0.267. The van der Waals surface area contributed by atoms with E-state index in [1.807, 2.05) is 19.2 Å². The zero-order valence-corrected chi connectivity index (χ0v) is 11.8. The van der Waals surface area contributed by atoms with E-state index < -0.39 is 0 Å². The molecule has 1 aromatic heterocycles. The van der Waals surface area contributed by atoms with Crippen LogP contribution < -0.4 is 11.3 Å². The molecule has 1 atom stereocenters. The number of rotatable bonds is 5. The Kier molecular flexibility index (Phi) is 4.82. The summed E-state index contributed by atoms with van der Waals surface area (Å²) in [6, 6.07) is 13.6. The maximum Gasteiger partial charge on any atom is 0.250 e. The smallest absolute Gasteiger partial charge is 0.250 e. The van der Waals surface area contributed by atoms with Crippen molar-refractivity contribution in [2.45, 2.75) is 24.4 Å². The normalized spacial score (nSPS) is 12.3. The average molecular weight is 274 g/mol. The quantitative estimate of drug-likeness (QED) is 0.853. The van der Waals surface area contributed by atoms with Crippen LogP contribution in [0, 0.1) is 0 Å². The van der Waals surface area contributed by atoms with Gasteiger partial charge in [-0.05, 0) is 30.7 Å². The Labute approximate surface area is 117 Å². The molecule has 0 amide bonds. The molecule has 0 spiro atoms. The molecular formula is C15H18N2OS. The van der Waals surface area contributed by atoms with Gasteiger partial charge < -0.3 is 10.3 Å². The summed E-state index contributed by atoms with van der Waals surface area (Å²) in [6.07, 6.45) is 1.82. The van der Waals surface area contributed by atoms with Crippen LogP contribution in [0.25, 0.3) is 0 Å². The first kappa shape index (κ1) is 13.9. The van der Waals surface area contributed by atoms with Gasteiger partial charge in [0.2, 0.25) is 0 Å². The molecule has 100 valence electrons. The third-order valence-electron chi connectivity index (χ3n) is 2.91. The van der Waals surface area contributed by atoms with E-state index >= 15 is 0 Å². The summed E-state index contributed by atoms with van der Waals surface area (Å²) in [6.45, 7) is 2.70. The fourth-order valence-corrected chi connectivity index (χ4v) is 2.63. The number of thioether (sulfide) groups is 1. The lowest BCUT2D eigenvalue weighted by Crippen LogP contribution is -2.18. The number of benzene rings is 1. The van der Waals surface area contributed by atoms with Crippen LogP contribution in [-0.4, -0.2) is 10.3 Å².